The van der Waals surface area contributed by atoms with Crippen LogP contribution in [0.25, 0.3) is 0 Å². The molecule has 0 saturated heterocycles. The van der Waals surface area contributed by atoms with Crippen LogP contribution in [0.4, 0.5) is 9.59 Å². The molecule has 1 aromatic rings. The summed E-state index contributed by atoms with van der Waals surface area (Å²) in [7, 11) is 0. The third kappa shape index (κ3) is 9.15. The first kappa shape index (κ1) is 23.5. The maximum Gasteiger partial charge on any atom is 0.426 e. The Labute approximate surface area is 178 Å². The van der Waals surface area contributed by atoms with Gasteiger partial charge in [-0.25, -0.2) is 15.0 Å². The Morgan fingerprint density at radius 2 is 1.67 bits per heavy atom. The van der Waals surface area contributed by atoms with Crippen LogP contribution in [0.3, 0.4) is 0 Å². The molecule has 1 aromatic carbocycles. The number of amides is 3. The van der Waals surface area contributed by atoms with Crippen LogP contribution < -0.4 is 16.2 Å². The Hall–Kier alpha value is -2.77. The maximum atomic E-state index is 12.6. The van der Waals surface area contributed by atoms with Gasteiger partial charge in [0, 0.05) is 0 Å². The second-order valence-electron chi connectivity index (χ2n) is 8.61. The van der Waals surface area contributed by atoms with Crippen LogP contribution in [0.15, 0.2) is 30.3 Å². The molecule has 1 atom stereocenters. The number of carbonyl (C=O) groups is 3. The lowest BCUT2D eigenvalue weighted by Gasteiger charge is -2.27. The molecule has 3 amide bonds. The second kappa shape index (κ2) is 11.4. The van der Waals surface area contributed by atoms with Gasteiger partial charge in [-0.05, 0) is 38.7 Å². The summed E-state index contributed by atoms with van der Waals surface area (Å²) < 4.78 is 10.4. The molecular weight excluding hydrogens is 386 g/mol. The van der Waals surface area contributed by atoms with Crippen molar-refractivity contribution in [3.63, 3.8) is 0 Å². The first-order valence-corrected chi connectivity index (χ1v) is 10.5. The second-order valence-corrected chi connectivity index (χ2v) is 8.61. The number of ether oxygens (including phenoxy) is 2. The molecule has 0 heterocycles. The summed E-state index contributed by atoms with van der Waals surface area (Å²) in [4.78, 5) is 36.7. The highest BCUT2D eigenvalue weighted by molar-refractivity contribution is 5.86. The number of benzene rings is 1. The van der Waals surface area contributed by atoms with E-state index in [0.717, 1.165) is 31.2 Å². The standard InChI is InChI=1S/C22H33N3O5/c1-22(2,3)30-20(27)23-18(14-16-10-6-4-7-11-16)19(26)24-25-21(28)29-15-17-12-8-5-9-13-17/h5,8-9,12-13,16,18H,4,6-7,10-11,14-15H2,1-3H3,(H,23,27)(H,24,26)(H,25,28)/t18-/m0/s1. The zero-order chi connectivity index (χ0) is 22.0. The fourth-order valence-corrected chi connectivity index (χ4v) is 3.40. The van der Waals surface area contributed by atoms with E-state index >= 15 is 0 Å². The number of nitrogens with one attached hydrogen (secondary N) is 3. The van der Waals surface area contributed by atoms with Gasteiger partial charge >= 0.3 is 12.2 Å². The third-order valence-electron chi connectivity index (χ3n) is 4.80. The minimum absolute atomic E-state index is 0.0875. The van der Waals surface area contributed by atoms with Crippen LogP contribution in [-0.2, 0) is 20.9 Å². The predicted molar refractivity (Wildman–Crippen MR) is 112 cm³/mol. The number of hydrogen-bond acceptors (Lipinski definition) is 5. The minimum atomic E-state index is -0.808. The summed E-state index contributed by atoms with van der Waals surface area (Å²) in [6.45, 7) is 5.36. The van der Waals surface area contributed by atoms with Crippen molar-refractivity contribution in [2.75, 3.05) is 0 Å². The Morgan fingerprint density at radius 3 is 2.30 bits per heavy atom. The van der Waals surface area contributed by atoms with Gasteiger partial charge < -0.3 is 14.8 Å². The van der Waals surface area contributed by atoms with Gasteiger partial charge in [-0.15, -0.1) is 0 Å². The van der Waals surface area contributed by atoms with Gasteiger partial charge in [0.25, 0.3) is 5.91 Å². The molecule has 166 valence electrons. The van der Waals surface area contributed by atoms with E-state index in [4.69, 9.17) is 9.47 Å². The van der Waals surface area contributed by atoms with Crippen molar-refractivity contribution in [2.45, 2.75) is 77.5 Å². The Kier molecular flexibility index (Phi) is 8.95. The van der Waals surface area contributed by atoms with Gasteiger partial charge in [0.1, 0.15) is 18.2 Å². The number of rotatable bonds is 6. The van der Waals surface area contributed by atoms with Gasteiger partial charge in [0.2, 0.25) is 0 Å². The fraction of sp³-hybridized carbons (Fsp3) is 0.591. The van der Waals surface area contributed by atoms with Crippen molar-refractivity contribution in [2.24, 2.45) is 5.92 Å². The first-order chi connectivity index (χ1) is 14.2. The van der Waals surface area contributed by atoms with Gasteiger partial charge in [0.15, 0.2) is 0 Å². The highest BCUT2D eigenvalue weighted by Gasteiger charge is 2.28. The highest BCUT2D eigenvalue weighted by Crippen LogP contribution is 2.27. The van der Waals surface area contributed by atoms with Crippen LogP contribution in [0.1, 0.15) is 64.9 Å². The summed E-state index contributed by atoms with van der Waals surface area (Å²) in [6.07, 6.45) is 4.53. The summed E-state index contributed by atoms with van der Waals surface area (Å²) in [5.41, 5.74) is 4.74. The van der Waals surface area contributed by atoms with Crippen molar-refractivity contribution in [3.8, 4) is 0 Å². The summed E-state index contributed by atoms with van der Waals surface area (Å²) >= 11 is 0. The lowest BCUT2D eigenvalue weighted by Crippen LogP contribution is -2.53. The molecule has 1 saturated carbocycles. The van der Waals surface area contributed by atoms with Crippen molar-refractivity contribution in [1.29, 1.82) is 0 Å². The average Bonchev–Trinajstić information content (AvgIpc) is 2.70. The SMILES string of the molecule is CC(C)(C)OC(=O)N[C@@H](CC1CCCCC1)C(=O)NNC(=O)OCc1ccccc1. The van der Waals surface area contributed by atoms with Crippen molar-refractivity contribution in [1.82, 2.24) is 16.2 Å². The van der Waals surface area contributed by atoms with Gasteiger partial charge in [-0.3, -0.25) is 10.2 Å². The van der Waals surface area contributed by atoms with Gasteiger partial charge in [-0.2, -0.15) is 0 Å². The van der Waals surface area contributed by atoms with Crippen molar-refractivity contribution in [3.05, 3.63) is 35.9 Å². The Balaban J connectivity index is 1.86. The lowest BCUT2D eigenvalue weighted by atomic mass is 9.84. The van der Waals surface area contributed by atoms with Crippen molar-refractivity contribution >= 4 is 18.1 Å². The van der Waals surface area contributed by atoms with E-state index in [-0.39, 0.29) is 6.61 Å². The molecule has 1 aliphatic rings. The molecular formula is C22H33N3O5. The van der Waals surface area contributed by atoms with Crippen molar-refractivity contribution < 1.29 is 23.9 Å². The predicted octanol–water partition coefficient (Wildman–Crippen LogP) is 3.81. The van der Waals surface area contributed by atoms with E-state index in [1.165, 1.54) is 6.42 Å². The largest absolute Gasteiger partial charge is 0.444 e. The molecule has 1 fully saturated rings. The molecule has 0 aliphatic heterocycles. The summed E-state index contributed by atoms with van der Waals surface area (Å²) in [5.74, 6) is -0.169. The fourth-order valence-electron chi connectivity index (χ4n) is 3.40. The number of carbonyl (C=O) groups excluding carboxylic acids is 3. The summed E-state index contributed by atoms with van der Waals surface area (Å²) in [6, 6.07) is 8.41. The monoisotopic (exact) mass is 419 g/mol. The molecule has 0 unspecified atom stereocenters. The van der Waals surface area contributed by atoms with E-state index < -0.39 is 29.7 Å². The lowest BCUT2D eigenvalue weighted by molar-refractivity contribution is -0.124. The Bertz CT molecular complexity index is 696. The zero-order valence-corrected chi connectivity index (χ0v) is 18.0. The van der Waals surface area contributed by atoms with E-state index in [2.05, 4.69) is 16.2 Å². The van der Waals surface area contributed by atoms with Crippen LogP contribution in [0.5, 0.6) is 0 Å². The van der Waals surface area contributed by atoms with Gasteiger partial charge in [-0.1, -0.05) is 62.4 Å². The molecule has 8 heteroatoms. The van der Waals surface area contributed by atoms with E-state index in [9.17, 15) is 14.4 Å². The zero-order valence-electron chi connectivity index (χ0n) is 18.0. The first-order valence-electron chi connectivity index (χ1n) is 10.5. The van der Waals surface area contributed by atoms with Crippen LogP contribution in [0, 0.1) is 5.92 Å². The van der Waals surface area contributed by atoms with Gasteiger partial charge in [0.05, 0.1) is 0 Å². The van der Waals surface area contributed by atoms with E-state index in [0.29, 0.717) is 12.3 Å². The number of alkyl carbamates (subject to hydrolysis) is 1. The molecule has 0 bridgehead atoms. The summed E-state index contributed by atoms with van der Waals surface area (Å²) in [5, 5.41) is 2.64. The molecule has 8 nitrogen and oxygen atoms in total. The molecule has 1 aliphatic carbocycles. The molecule has 30 heavy (non-hydrogen) atoms. The van der Waals surface area contributed by atoms with Crippen LogP contribution >= 0.6 is 0 Å². The normalized spacial score (nSPS) is 15.6. The molecule has 0 spiro atoms. The molecule has 0 radical (unpaired) electrons. The Morgan fingerprint density at radius 1 is 1.00 bits per heavy atom. The average molecular weight is 420 g/mol. The highest BCUT2D eigenvalue weighted by atomic mass is 16.6. The molecule has 3 N–H and O–H groups in total. The maximum absolute atomic E-state index is 12.6. The number of hydrazine groups is 1. The molecule has 0 aromatic heterocycles. The minimum Gasteiger partial charge on any atom is -0.444 e. The number of hydrogen-bond donors (Lipinski definition) is 3. The van der Waals surface area contributed by atoms with E-state index in [1.807, 2.05) is 30.3 Å². The van der Waals surface area contributed by atoms with Crippen LogP contribution in [0.2, 0.25) is 0 Å². The third-order valence-corrected chi connectivity index (χ3v) is 4.80. The smallest absolute Gasteiger partial charge is 0.426 e. The molecule has 2 rings (SSSR count). The van der Waals surface area contributed by atoms with Crippen LogP contribution in [-0.4, -0.2) is 29.7 Å². The quantitative estimate of drug-likeness (QED) is 0.608. The topological polar surface area (TPSA) is 106 Å². The van der Waals surface area contributed by atoms with E-state index in [1.54, 1.807) is 20.8 Å².